The lowest BCUT2D eigenvalue weighted by Gasteiger charge is -2.26. The highest BCUT2D eigenvalue weighted by Gasteiger charge is 2.14. The lowest BCUT2D eigenvalue weighted by Crippen LogP contribution is -2.39. The Kier molecular flexibility index (Phi) is 5.56. The first-order valence-electron chi connectivity index (χ1n) is 5.27. The second kappa shape index (κ2) is 6.50. The first-order chi connectivity index (χ1) is 6.33. The van der Waals surface area contributed by atoms with E-state index >= 15 is 0 Å². The Morgan fingerprint density at radius 2 is 2.54 bits per heavy atom. The van der Waals surface area contributed by atoms with Crippen LogP contribution in [0.3, 0.4) is 0 Å². The van der Waals surface area contributed by atoms with Crippen molar-refractivity contribution in [2.24, 2.45) is 0 Å². The second-order valence-corrected chi connectivity index (χ2v) is 5.00. The van der Waals surface area contributed by atoms with Gasteiger partial charge in [0.15, 0.2) is 0 Å². The van der Waals surface area contributed by atoms with Gasteiger partial charge in [-0.1, -0.05) is 6.08 Å². The number of allylic oxidation sites excluding steroid dienone is 1. The van der Waals surface area contributed by atoms with E-state index in [4.69, 9.17) is 0 Å². The zero-order valence-corrected chi connectivity index (χ0v) is 9.41. The average molecular weight is 199 g/mol. The van der Waals surface area contributed by atoms with Crippen molar-refractivity contribution in [3.63, 3.8) is 0 Å². The van der Waals surface area contributed by atoms with Gasteiger partial charge < -0.3 is 5.32 Å². The predicted molar refractivity (Wildman–Crippen MR) is 62.4 cm³/mol. The maximum Gasteiger partial charge on any atom is 0.0160 e. The molecule has 1 nitrogen and oxygen atoms in total. The van der Waals surface area contributed by atoms with Crippen LogP contribution in [0.1, 0.15) is 32.6 Å². The molecule has 0 aliphatic carbocycles. The maximum absolute atomic E-state index is 3.75. The summed E-state index contributed by atoms with van der Waals surface area (Å²) >= 11 is 2.09. The van der Waals surface area contributed by atoms with Gasteiger partial charge in [0.25, 0.3) is 0 Å². The monoisotopic (exact) mass is 199 g/mol. The summed E-state index contributed by atoms with van der Waals surface area (Å²) in [6, 6.07) is 1.42. The zero-order valence-electron chi connectivity index (χ0n) is 8.59. The molecule has 1 rings (SSSR count). The molecule has 0 aromatic carbocycles. The molecule has 1 saturated heterocycles. The average Bonchev–Trinajstić information content (AvgIpc) is 2.16. The van der Waals surface area contributed by atoms with Crippen molar-refractivity contribution in [2.75, 3.05) is 11.5 Å². The molecule has 13 heavy (non-hydrogen) atoms. The van der Waals surface area contributed by atoms with E-state index in [2.05, 4.69) is 30.6 Å². The summed E-state index contributed by atoms with van der Waals surface area (Å²) in [6.07, 6.45) is 7.12. The summed E-state index contributed by atoms with van der Waals surface area (Å²) in [5, 5.41) is 3.69. The number of rotatable bonds is 5. The van der Waals surface area contributed by atoms with Crippen LogP contribution in [0.2, 0.25) is 0 Å². The minimum Gasteiger partial charge on any atom is -0.311 e. The lowest BCUT2D eigenvalue weighted by molar-refractivity contribution is 0.428. The Labute approximate surface area is 86.4 Å². The number of hydrogen-bond donors (Lipinski definition) is 1. The Hall–Kier alpha value is 0.0500. The van der Waals surface area contributed by atoms with E-state index in [9.17, 15) is 0 Å². The molecule has 0 spiro atoms. The van der Waals surface area contributed by atoms with Crippen LogP contribution in [-0.2, 0) is 0 Å². The van der Waals surface area contributed by atoms with Crippen molar-refractivity contribution in [2.45, 2.75) is 44.7 Å². The minimum atomic E-state index is 0.654. The first-order valence-corrected chi connectivity index (χ1v) is 6.43. The molecule has 1 fully saturated rings. The van der Waals surface area contributed by atoms with E-state index in [1.165, 1.54) is 30.8 Å². The van der Waals surface area contributed by atoms with Gasteiger partial charge in [-0.25, -0.2) is 0 Å². The molecular weight excluding hydrogens is 178 g/mol. The molecule has 1 aliphatic heterocycles. The van der Waals surface area contributed by atoms with E-state index in [0.29, 0.717) is 6.04 Å². The number of hydrogen-bond acceptors (Lipinski definition) is 2. The molecule has 0 amide bonds. The van der Waals surface area contributed by atoms with Crippen molar-refractivity contribution in [1.82, 2.24) is 5.32 Å². The van der Waals surface area contributed by atoms with Crippen molar-refractivity contribution in [1.29, 1.82) is 0 Å². The third-order valence-corrected chi connectivity index (χ3v) is 3.70. The predicted octanol–water partition coefficient (Wildman–Crippen LogP) is 2.83. The van der Waals surface area contributed by atoms with Crippen molar-refractivity contribution in [3.05, 3.63) is 12.7 Å². The van der Waals surface area contributed by atoms with Gasteiger partial charge in [0.1, 0.15) is 0 Å². The third kappa shape index (κ3) is 4.72. The molecule has 76 valence electrons. The highest BCUT2D eigenvalue weighted by molar-refractivity contribution is 7.99. The first kappa shape index (κ1) is 11.1. The Balaban J connectivity index is 2.10. The highest BCUT2D eigenvalue weighted by Crippen LogP contribution is 2.17. The largest absolute Gasteiger partial charge is 0.311 e. The maximum atomic E-state index is 3.75. The lowest BCUT2D eigenvalue weighted by atomic mass is 10.1. The fourth-order valence-corrected chi connectivity index (χ4v) is 2.81. The summed E-state index contributed by atoms with van der Waals surface area (Å²) in [7, 11) is 0. The molecule has 0 saturated carbocycles. The van der Waals surface area contributed by atoms with Gasteiger partial charge in [0.05, 0.1) is 0 Å². The van der Waals surface area contributed by atoms with E-state index in [0.717, 1.165) is 12.5 Å². The molecule has 0 aromatic rings. The van der Waals surface area contributed by atoms with Crippen LogP contribution in [0.25, 0.3) is 0 Å². The fourth-order valence-electron chi connectivity index (χ4n) is 1.73. The molecule has 1 N–H and O–H groups in total. The topological polar surface area (TPSA) is 12.0 Å². The van der Waals surface area contributed by atoms with E-state index in [1.807, 2.05) is 6.08 Å². The van der Waals surface area contributed by atoms with E-state index < -0.39 is 0 Å². The van der Waals surface area contributed by atoms with E-state index in [-0.39, 0.29) is 0 Å². The second-order valence-electron chi connectivity index (χ2n) is 3.85. The van der Waals surface area contributed by atoms with Crippen LogP contribution in [-0.4, -0.2) is 23.6 Å². The van der Waals surface area contributed by atoms with Crippen LogP contribution >= 0.6 is 11.8 Å². The van der Waals surface area contributed by atoms with Gasteiger partial charge in [0, 0.05) is 17.8 Å². The SMILES string of the molecule is C=CCCC(C)NC1CCCSC1. The van der Waals surface area contributed by atoms with E-state index in [1.54, 1.807) is 0 Å². The van der Waals surface area contributed by atoms with Crippen LogP contribution < -0.4 is 5.32 Å². The van der Waals surface area contributed by atoms with Crippen LogP contribution in [0.15, 0.2) is 12.7 Å². The quantitative estimate of drug-likeness (QED) is 0.683. The zero-order chi connectivity index (χ0) is 9.52. The number of thioether (sulfide) groups is 1. The van der Waals surface area contributed by atoms with Gasteiger partial charge in [-0.15, -0.1) is 6.58 Å². The molecule has 2 heteroatoms. The molecule has 1 aliphatic rings. The smallest absolute Gasteiger partial charge is 0.0160 e. The van der Waals surface area contributed by atoms with Crippen LogP contribution in [0, 0.1) is 0 Å². The summed E-state index contributed by atoms with van der Waals surface area (Å²) < 4.78 is 0. The highest BCUT2D eigenvalue weighted by atomic mass is 32.2. The standard InChI is InChI=1S/C11H21NS/c1-3-4-6-10(2)12-11-7-5-8-13-9-11/h3,10-12H,1,4-9H2,2H3. The van der Waals surface area contributed by atoms with Gasteiger partial charge in [-0.2, -0.15) is 11.8 Å². The molecule has 2 atom stereocenters. The Bertz CT molecular complexity index is 141. The van der Waals surface area contributed by atoms with Crippen LogP contribution in [0.4, 0.5) is 0 Å². The van der Waals surface area contributed by atoms with Crippen LogP contribution in [0.5, 0.6) is 0 Å². The Morgan fingerprint density at radius 1 is 1.69 bits per heavy atom. The molecule has 1 heterocycles. The summed E-state index contributed by atoms with van der Waals surface area (Å²) in [5.41, 5.74) is 0. The number of nitrogens with one attached hydrogen (secondary N) is 1. The molecule has 2 unspecified atom stereocenters. The third-order valence-electron chi connectivity index (χ3n) is 2.48. The van der Waals surface area contributed by atoms with Gasteiger partial charge in [-0.3, -0.25) is 0 Å². The molecule has 0 aromatic heterocycles. The summed E-state index contributed by atoms with van der Waals surface area (Å²) in [6.45, 7) is 6.03. The van der Waals surface area contributed by atoms with Gasteiger partial charge in [0.2, 0.25) is 0 Å². The summed E-state index contributed by atoms with van der Waals surface area (Å²) in [4.78, 5) is 0. The normalized spacial score (nSPS) is 25.5. The fraction of sp³-hybridized carbons (Fsp3) is 0.818. The van der Waals surface area contributed by atoms with Gasteiger partial charge in [-0.05, 0) is 38.4 Å². The Morgan fingerprint density at radius 3 is 3.15 bits per heavy atom. The van der Waals surface area contributed by atoms with Crippen molar-refractivity contribution >= 4 is 11.8 Å². The molecule has 0 bridgehead atoms. The molecular formula is C11H21NS. The van der Waals surface area contributed by atoms with Gasteiger partial charge >= 0.3 is 0 Å². The molecule has 0 radical (unpaired) electrons. The minimum absolute atomic E-state index is 0.654. The summed E-state index contributed by atoms with van der Waals surface area (Å²) in [5.74, 6) is 2.66. The van der Waals surface area contributed by atoms with Crippen molar-refractivity contribution in [3.8, 4) is 0 Å². The van der Waals surface area contributed by atoms with Crippen molar-refractivity contribution < 1.29 is 0 Å².